The second-order valence-electron chi connectivity index (χ2n) is 3.08. The van der Waals surface area contributed by atoms with Crippen LogP contribution in [0.1, 0.15) is 11.1 Å². The van der Waals surface area contributed by atoms with Gasteiger partial charge < -0.3 is 4.81 Å². The molecule has 1 aromatic carbocycles. The Hall–Kier alpha value is -1.69. The van der Waals surface area contributed by atoms with Gasteiger partial charge in [-0.15, -0.1) is 0 Å². The highest BCUT2D eigenvalue weighted by Gasteiger charge is 2.09. The number of rotatable bonds is 1. The fourth-order valence-corrected chi connectivity index (χ4v) is 1.50. The van der Waals surface area contributed by atoms with E-state index in [9.17, 15) is 0 Å². The first-order chi connectivity index (χ1) is 6.40. The van der Waals surface area contributed by atoms with E-state index >= 15 is 0 Å². The molecular formula is C10H9BN2. The van der Waals surface area contributed by atoms with E-state index in [0.29, 0.717) is 7.41 Å². The van der Waals surface area contributed by atoms with Gasteiger partial charge in [-0.05, 0) is 23.4 Å². The minimum Gasteiger partial charge on any atom is -0.407 e. The van der Waals surface area contributed by atoms with Crippen molar-refractivity contribution in [3.05, 3.63) is 41.6 Å². The summed E-state index contributed by atoms with van der Waals surface area (Å²) in [6, 6.07) is 8.25. The lowest BCUT2D eigenvalue weighted by Crippen LogP contribution is -2.22. The van der Waals surface area contributed by atoms with Crippen molar-refractivity contribution in [2.75, 3.05) is 0 Å². The molecule has 0 fully saturated rings. The third-order valence-corrected chi connectivity index (χ3v) is 2.17. The molecule has 1 aromatic rings. The van der Waals surface area contributed by atoms with Gasteiger partial charge in [0.1, 0.15) is 0 Å². The Bertz CT molecular complexity index is 379. The molecule has 13 heavy (non-hydrogen) atoms. The molecule has 0 radical (unpaired) electrons. The largest absolute Gasteiger partial charge is 0.407 e. The minimum atomic E-state index is 0.463. The van der Waals surface area contributed by atoms with Crippen LogP contribution in [-0.4, -0.2) is 12.2 Å². The first kappa shape index (κ1) is 7.94. The van der Waals surface area contributed by atoms with Gasteiger partial charge in [0.25, 0.3) is 0 Å². The fourth-order valence-electron chi connectivity index (χ4n) is 1.50. The molecule has 1 aliphatic rings. The van der Waals surface area contributed by atoms with Crippen molar-refractivity contribution in [3.63, 3.8) is 0 Å². The Kier molecular flexibility index (Phi) is 2.05. The second kappa shape index (κ2) is 3.36. The molecule has 62 valence electrons. The molecule has 0 N–H and O–H groups in total. The van der Waals surface area contributed by atoms with Crippen LogP contribution in [-0.2, 0) is 6.54 Å². The maximum absolute atomic E-state index is 8.54. The molecule has 0 amide bonds. The highest BCUT2D eigenvalue weighted by molar-refractivity contribution is 6.42. The Morgan fingerprint density at radius 3 is 3.08 bits per heavy atom. The smallest absolute Gasteiger partial charge is 0.360 e. The van der Waals surface area contributed by atoms with Gasteiger partial charge in [0.2, 0.25) is 0 Å². The highest BCUT2D eigenvalue weighted by atomic mass is 15.0. The predicted octanol–water partition coefficient (Wildman–Crippen LogP) is 1.31. The Labute approximate surface area is 78.4 Å². The van der Waals surface area contributed by atoms with Crippen molar-refractivity contribution in [2.24, 2.45) is 0 Å². The van der Waals surface area contributed by atoms with Gasteiger partial charge in [0, 0.05) is 12.5 Å². The lowest BCUT2D eigenvalue weighted by atomic mass is 9.91. The van der Waals surface area contributed by atoms with Crippen molar-refractivity contribution in [3.8, 4) is 5.97 Å². The molecule has 0 bridgehead atoms. The van der Waals surface area contributed by atoms with Gasteiger partial charge in [-0.3, -0.25) is 0 Å². The lowest BCUT2D eigenvalue weighted by molar-refractivity contribution is 0.585. The first-order valence-corrected chi connectivity index (χ1v) is 4.27. The minimum absolute atomic E-state index is 0.463. The average molecular weight is 168 g/mol. The Morgan fingerprint density at radius 2 is 2.23 bits per heavy atom. The molecule has 0 aliphatic carbocycles. The van der Waals surface area contributed by atoms with Crippen LogP contribution in [0.5, 0.6) is 0 Å². The van der Waals surface area contributed by atoms with Crippen LogP contribution in [0.15, 0.2) is 30.5 Å². The molecule has 1 aliphatic heterocycles. The second-order valence-corrected chi connectivity index (χ2v) is 3.08. The fraction of sp³-hybridized carbons (Fsp3) is 0.100. The van der Waals surface area contributed by atoms with Crippen LogP contribution in [0.25, 0.3) is 6.08 Å². The molecule has 2 rings (SSSR count). The summed E-state index contributed by atoms with van der Waals surface area (Å²) in [6.45, 7) is 0.847. The molecule has 0 spiro atoms. The van der Waals surface area contributed by atoms with Crippen LogP contribution < -0.4 is 0 Å². The van der Waals surface area contributed by atoms with Crippen molar-refractivity contribution in [1.82, 2.24) is 4.81 Å². The van der Waals surface area contributed by atoms with E-state index in [1.54, 1.807) is 0 Å². The molecule has 1 heterocycles. The summed E-state index contributed by atoms with van der Waals surface area (Å²) in [5.41, 5.74) is 2.55. The molecule has 0 atom stereocenters. The van der Waals surface area contributed by atoms with Crippen LogP contribution in [0, 0.1) is 11.2 Å². The summed E-state index contributed by atoms with van der Waals surface area (Å²) in [4.78, 5) is 2.00. The van der Waals surface area contributed by atoms with Crippen molar-refractivity contribution >= 4 is 13.5 Å². The van der Waals surface area contributed by atoms with E-state index in [4.69, 9.17) is 5.26 Å². The van der Waals surface area contributed by atoms with E-state index in [1.807, 2.05) is 23.1 Å². The number of fused-ring (bicyclic) bond motifs is 1. The van der Waals surface area contributed by atoms with Crippen molar-refractivity contribution in [1.29, 1.82) is 5.26 Å². The van der Waals surface area contributed by atoms with E-state index in [1.165, 1.54) is 11.1 Å². The van der Waals surface area contributed by atoms with Gasteiger partial charge in [0.05, 0.1) is 0 Å². The third-order valence-electron chi connectivity index (χ3n) is 2.17. The van der Waals surface area contributed by atoms with Crippen molar-refractivity contribution < 1.29 is 0 Å². The number of hydrogen-bond donors (Lipinski definition) is 0. The maximum Gasteiger partial charge on any atom is 0.360 e. The normalized spacial score (nSPS) is 13.3. The van der Waals surface area contributed by atoms with Crippen molar-refractivity contribution in [2.45, 2.75) is 6.54 Å². The lowest BCUT2D eigenvalue weighted by Gasteiger charge is -2.22. The molecular weight excluding hydrogens is 159 g/mol. The molecule has 0 saturated heterocycles. The zero-order valence-corrected chi connectivity index (χ0v) is 7.27. The van der Waals surface area contributed by atoms with E-state index in [0.717, 1.165) is 6.54 Å². The molecule has 0 unspecified atom stereocenters. The molecule has 3 heteroatoms. The summed E-state index contributed by atoms with van der Waals surface area (Å²) in [5, 5.41) is 8.54. The molecule has 2 nitrogen and oxygen atoms in total. The molecule has 0 saturated carbocycles. The van der Waals surface area contributed by atoms with Crippen LogP contribution in [0.4, 0.5) is 0 Å². The van der Waals surface area contributed by atoms with Gasteiger partial charge in [-0.1, -0.05) is 24.3 Å². The first-order valence-electron chi connectivity index (χ1n) is 4.27. The summed E-state index contributed by atoms with van der Waals surface area (Å²) >= 11 is 0. The number of nitriles is 1. The number of benzene rings is 1. The van der Waals surface area contributed by atoms with Crippen LogP contribution >= 0.6 is 0 Å². The van der Waals surface area contributed by atoms with E-state index in [2.05, 4.69) is 24.2 Å². The van der Waals surface area contributed by atoms with Gasteiger partial charge in [0.15, 0.2) is 0 Å². The Balaban J connectivity index is 2.25. The average Bonchev–Trinajstić information content (AvgIpc) is 2.18. The summed E-state index contributed by atoms with van der Waals surface area (Å²) in [5.74, 6) is 2.14. The number of nitrogens with zero attached hydrogens (tertiary/aromatic N) is 2. The quantitative estimate of drug-likeness (QED) is 0.591. The summed E-state index contributed by atoms with van der Waals surface area (Å²) in [7, 11) is 0.463. The van der Waals surface area contributed by atoms with Crippen LogP contribution in [0.2, 0.25) is 0 Å². The van der Waals surface area contributed by atoms with E-state index < -0.39 is 0 Å². The highest BCUT2D eigenvalue weighted by Crippen LogP contribution is 2.17. The van der Waals surface area contributed by atoms with Crippen LogP contribution in [0.3, 0.4) is 0 Å². The zero-order valence-electron chi connectivity index (χ0n) is 7.27. The third kappa shape index (κ3) is 1.57. The van der Waals surface area contributed by atoms with Gasteiger partial charge in [-0.25, -0.2) is 5.26 Å². The monoisotopic (exact) mass is 168 g/mol. The Morgan fingerprint density at radius 1 is 1.38 bits per heavy atom. The SMILES string of the molecule is N#CBN1C=Cc2ccccc2C1. The maximum atomic E-state index is 8.54. The standard InChI is InChI=1S/C10H9BN2/c12-8-11-13-6-5-9-3-1-2-4-10(9)7-13/h1-6,11H,7H2. The molecule has 0 aromatic heterocycles. The summed E-state index contributed by atoms with van der Waals surface area (Å²) < 4.78 is 0. The van der Waals surface area contributed by atoms with Gasteiger partial charge >= 0.3 is 7.41 Å². The van der Waals surface area contributed by atoms with Gasteiger partial charge in [-0.2, -0.15) is 0 Å². The predicted molar refractivity (Wildman–Crippen MR) is 53.8 cm³/mol. The topological polar surface area (TPSA) is 27.0 Å². The summed E-state index contributed by atoms with van der Waals surface area (Å²) in [6.07, 6.45) is 4.03. The number of hydrogen-bond acceptors (Lipinski definition) is 2. The zero-order chi connectivity index (χ0) is 9.10. The van der Waals surface area contributed by atoms with E-state index in [-0.39, 0.29) is 0 Å².